The number of aromatic nitrogens is 2. The Bertz CT molecular complexity index is 387. The Morgan fingerprint density at radius 3 is 2.76 bits per heavy atom. The SMILES string of the molecule is CCCC(C)N(C)c1cc(N)nc(C2CC2)n1. The van der Waals surface area contributed by atoms with Crippen LogP contribution in [-0.4, -0.2) is 23.1 Å². The first-order chi connectivity index (χ1) is 8.11. The van der Waals surface area contributed by atoms with E-state index in [4.69, 9.17) is 5.73 Å². The first-order valence-corrected chi connectivity index (χ1v) is 6.49. The van der Waals surface area contributed by atoms with Crippen molar-refractivity contribution in [1.82, 2.24) is 9.97 Å². The van der Waals surface area contributed by atoms with Gasteiger partial charge in [0.1, 0.15) is 17.5 Å². The molecule has 1 aliphatic rings. The Balaban J connectivity index is 2.18. The van der Waals surface area contributed by atoms with Gasteiger partial charge in [-0.15, -0.1) is 0 Å². The molecule has 1 fully saturated rings. The van der Waals surface area contributed by atoms with Crippen LogP contribution >= 0.6 is 0 Å². The Morgan fingerprint density at radius 2 is 2.18 bits per heavy atom. The van der Waals surface area contributed by atoms with Gasteiger partial charge in [-0.1, -0.05) is 13.3 Å². The van der Waals surface area contributed by atoms with Crippen molar-refractivity contribution in [2.24, 2.45) is 0 Å². The van der Waals surface area contributed by atoms with E-state index in [1.54, 1.807) is 0 Å². The Labute approximate surface area is 103 Å². The van der Waals surface area contributed by atoms with E-state index in [-0.39, 0.29) is 0 Å². The maximum atomic E-state index is 5.86. The number of nitrogens with two attached hydrogens (primary N) is 1. The Morgan fingerprint density at radius 1 is 1.47 bits per heavy atom. The van der Waals surface area contributed by atoms with E-state index in [9.17, 15) is 0 Å². The van der Waals surface area contributed by atoms with Crippen molar-refractivity contribution >= 4 is 11.6 Å². The van der Waals surface area contributed by atoms with Gasteiger partial charge in [0.15, 0.2) is 0 Å². The summed E-state index contributed by atoms with van der Waals surface area (Å²) in [7, 11) is 2.08. The van der Waals surface area contributed by atoms with Crippen molar-refractivity contribution in [3.63, 3.8) is 0 Å². The number of hydrogen-bond donors (Lipinski definition) is 1. The molecule has 17 heavy (non-hydrogen) atoms. The fourth-order valence-electron chi connectivity index (χ4n) is 2.01. The van der Waals surface area contributed by atoms with Crippen LogP contribution in [0.3, 0.4) is 0 Å². The van der Waals surface area contributed by atoms with Gasteiger partial charge in [-0.3, -0.25) is 0 Å². The second-order valence-electron chi connectivity index (χ2n) is 5.03. The summed E-state index contributed by atoms with van der Waals surface area (Å²) in [5.41, 5.74) is 5.86. The highest BCUT2D eigenvalue weighted by Gasteiger charge is 2.27. The molecule has 4 heteroatoms. The van der Waals surface area contributed by atoms with Gasteiger partial charge in [0, 0.05) is 25.1 Å². The molecule has 1 saturated carbocycles. The zero-order valence-electron chi connectivity index (χ0n) is 11.0. The molecule has 0 bridgehead atoms. The van der Waals surface area contributed by atoms with Gasteiger partial charge in [-0.25, -0.2) is 9.97 Å². The van der Waals surface area contributed by atoms with Gasteiger partial charge in [-0.2, -0.15) is 0 Å². The third-order valence-electron chi connectivity index (χ3n) is 3.42. The van der Waals surface area contributed by atoms with Crippen LogP contribution in [0.4, 0.5) is 11.6 Å². The maximum absolute atomic E-state index is 5.86. The van der Waals surface area contributed by atoms with Crippen LogP contribution in [0.5, 0.6) is 0 Å². The summed E-state index contributed by atoms with van der Waals surface area (Å²) in [6, 6.07) is 2.36. The molecule has 1 unspecified atom stereocenters. The topological polar surface area (TPSA) is 55.0 Å². The fraction of sp³-hybridized carbons (Fsp3) is 0.692. The van der Waals surface area contributed by atoms with Crippen molar-refractivity contribution in [3.8, 4) is 0 Å². The van der Waals surface area contributed by atoms with Crippen molar-refractivity contribution in [2.45, 2.75) is 51.5 Å². The molecule has 4 nitrogen and oxygen atoms in total. The van der Waals surface area contributed by atoms with Crippen molar-refractivity contribution in [2.75, 3.05) is 17.7 Å². The summed E-state index contributed by atoms with van der Waals surface area (Å²) in [5, 5.41) is 0. The lowest BCUT2D eigenvalue weighted by atomic mass is 10.2. The predicted molar refractivity (Wildman–Crippen MR) is 71.2 cm³/mol. The van der Waals surface area contributed by atoms with Gasteiger partial charge >= 0.3 is 0 Å². The first kappa shape index (κ1) is 12.1. The number of anilines is 2. The van der Waals surface area contributed by atoms with E-state index in [2.05, 4.69) is 35.8 Å². The second kappa shape index (κ2) is 4.90. The van der Waals surface area contributed by atoms with Gasteiger partial charge in [0.25, 0.3) is 0 Å². The van der Waals surface area contributed by atoms with Crippen LogP contribution in [-0.2, 0) is 0 Å². The monoisotopic (exact) mass is 234 g/mol. The van der Waals surface area contributed by atoms with Gasteiger partial charge < -0.3 is 10.6 Å². The highest BCUT2D eigenvalue weighted by Crippen LogP contribution is 2.38. The molecule has 2 rings (SSSR count). The summed E-state index contributed by atoms with van der Waals surface area (Å²) in [4.78, 5) is 11.2. The molecule has 0 amide bonds. The Kier molecular flexibility index (Phi) is 3.50. The third kappa shape index (κ3) is 2.87. The number of nitrogen functional groups attached to an aromatic ring is 1. The van der Waals surface area contributed by atoms with E-state index >= 15 is 0 Å². The van der Waals surface area contributed by atoms with Crippen molar-refractivity contribution in [1.29, 1.82) is 0 Å². The van der Waals surface area contributed by atoms with Crippen molar-refractivity contribution < 1.29 is 0 Å². The van der Waals surface area contributed by atoms with Gasteiger partial charge in [0.05, 0.1) is 0 Å². The lowest BCUT2D eigenvalue weighted by molar-refractivity contribution is 0.609. The molecule has 1 aromatic rings. The normalized spacial score (nSPS) is 16.9. The molecule has 0 aromatic carbocycles. The van der Waals surface area contributed by atoms with E-state index in [0.29, 0.717) is 17.8 Å². The molecule has 0 aliphatic heterocycles. The largest absolute Gasteiger partial charge is 0.384 e. The lowest BCUT2D eigenvalue weighted by Gasteiger charge is -2.26. The van der Waals surface area contributed by atoms with E-state index in [0.717, 1.165) is 11.6 Å². The molecule has 2 N–H and O–H groups in total. The average molecular weight is 234 g/mol. The van der Waals surface area contributed by atoms with Crippen molar-refractivity contribution in [3.05, 3.63) is 11.9 Å². The summed E-state index contributed by atoms with van der Waals surface area (Å²) < 4.78 is 0. The molecule has 0 radical (unpaired) electrons. The quantitative estimate of drug-likeness (QED) is 0.850. The van der Waals surface area contributed by atoms with Gasteiger partial charge in [-0.05, 0) is 26.2 Å². The minimum Gasteiger partial charge on any atom is -0.384 e. The number of rotatable bonds is 5. The van der Waals surface area contributed by atoms with Crippen LogP contribution in [0.25, 0.3) is 0 Å². The summed E-state index contributed by atoms with van der Waals surface area (Å²) in [6.45, 7) is 4.42. The fourth-order valence-corrected chi connectivity index (χ4v) is 2.01. The molecule has 1 atom stereocenters. The standard InChI is InChI=1S/C13H22N4/c1-4-5-9(2)17(3)12-8-11(14)15-13(16-12)10-6-7-10/h8-10H,4-7H2,1-3H3,(H2,14,15,16). The summed E-state index contributed by atoms with van der Waals surface area (Å²) in [5.74, 6) is 3.02. The van der Waals surface area contributed by atoms with Crippen LogP contribution in [0.2, 0.25) is 0 Å². The highest BCUT2D eigenvalue weighted by atomic mass is 15.2. The zero-order valence-corrected chi connectivity index (χ0v) is 11.0. The average Bonchev–Trinajstić information content (AvgIpc) is 3.11. The molecule has 94 valence electrons. The minimum absolute atomic E-state index is 0.487. The molecule has 1 heterocycles. The van der Waals surface area contributed by atoms with Gasteiger partial charge in [0.2, 0.25) is 0 Å². The summed E-state index contributed by atoms with van der Waals surface area (Å²) in [6.07, 6.45) is 4.76. The Hall–Kier alpha value is -1.32. The second-order valence-corrected chi connectivity index (χ2v) is 5.03. The maximum Gasteiger partial charge on any atom is 0.136 e. The van der Waals surface area contributed by atoms with Crippen LogP contribution in [0, 0.1) is 0 Å². The van der Waals surface area contributed by atoms with Crippen LogP contribution in [0.1, 0.15) is 51.3 Å². The lowest BCUT2D eigenvalue weighted by Crippen LogP contribution is -2.29. The summed E-state index contributed by atoms with van der Waals surface area (Å²) >= 11 is 0. The predicted octanol–water partition coefficient (Wildman–Crippen LogP) is 2.56. The van der Waals surface area contributed by atoms with E-state index in [1.165, 1.54) is 25.7 Å². The third-order valence-corrected chi connectivity index (χ3v) is 3.42. The van der Waals surface area contributed by atoms with E-state index < -0.39 is 0 Å². The molecule has 1 aromatic heterocycles. The molecular formula is C13H22N4. The minimum atomic E-state index is 0.487. The first-order valence-electron chi connectivity index (χ1n) is 6.49. The smallest absolute Gasteiger partial charge is 0.136 e. The van der Waals surface area contributed by atoms with Crippen LogP contribution in [0.15, 0.2) is 6.07 Å². The molecule has 1 aliphatic carbocycles. The number of hydrogen-bond acceptors (Lipinski definition) is 4. The van der Waals surface area contributed by atoms with E-state index in [1.807, 2.05) is 6.07 Å². The molecule has 0 spiro atoms. The number of nitrogens with zero attached hydrogens (tertiary/aromatic N) is 3. The zero-order chi connectivity index (χ0) is 12.4. The molecule has 0 saturated heterocycles. The molecular weight excluding hydrogens is 212 g/mol. The van der Waals surface area contributed by atoms with Crippen LogP contribution < -0.4 is 10.6 Å². The highest BCUT2D eigenvalue weighted by molar-refractivity contribution is 5.47.